The van der Waals surface area contributed by atoms with Gasteiger partial charge in [0.2, 0.25) is 5.91 Å². The Morgan fingerprint density at radius 2 is 1.50 bits per heavy atom. The van der Waals surface area contributed by atoms with E-state index in [1.165, 1.54) is 0 Å². The molecular weight excluding hydrogens is 400 g/mol. The number of nitrogens with one attached hydrogen (secondary N) is 1. The minimum Gasteiger partial charge on any atom is -0.484 e. The molecule has 0 aliphatic heterocycles. The third-order valence-corrected chi connectivity index (χ3v) is 5.20. The summed E-state index contributed by atoms with van der Waals surface area (Å²) in [4.78, 5) is 28.0. The molecule has 0 radical (unpaired) electrons. The first-order valence-electron chi connectivity index (χ1n) is 10.9. The van der Waals surface area contributed by atoms with E-state index < -0.39 is 6.04 Å². The van der Waals surface area contributed by atoms with Gasteiger partial charge in [-0.3, -0.25) is 9.59 Å². The standard InChI is InChI=1S/C27H30N2O3/c1-3-28-27(31)25(18-22-10-6-4-7-11-22)29(19-23-16-14-21(2)15-17-23)26(30)20-32-24-12-8-5-9-13-24/h4-17,25H,3,18-20H2,1-2H3,(H,28,31)/t25-/m1/s1. The van der Waals surface area contributed by atoms with Gasteiger partial charge in [0.1, 0.15) is 11.8 Å². The van der Waals surface area contributed by atoms with Crippen LogP contribution in [0.25, 0.3) is 0 Å². The van der Waals surface area contributed by atoms with E-state index in [2.05, 4.69) is 5.32 Å². The number of amides is 2. The zero-order valence-corrected chi connectivity index (χ0v) is 18.7. The lowest BCUT2D eigenvalue weighted by molar-refractivity contribution is -0.142. The highest BCUT2D eigenvalue weighted by atomic mass is 16.5. The maximum Gasteiger partial charge on any atom is 0.261 e. The Labute approximate surface area is 190 Å². The zero-order chi connectivity index (χ0) is 22.8. The second kappa shape index (κ2) is 11.7. The molecule has 1 atom stereocenters. The number of likely N-dealkylation sites (N-methyl/N-ethyl adjacent to an activating group) is 1. The molecule has 0 saturated heterocycles. The van der Waals surface area contributed by atoms with E-state index in [0.29, 0.717) is 25.3 Å². The number of carbonyl (C=O) groups excluding carboxylic acids is 2. The maximum absolute atomic E-state index is 13.3. The predicted molar refractivity (Wildman–Crippen MR) is 126 cm³/mol. The predicted octanol–water partition coefficient (Wildman–Crippen LogP) is 4.15. The summed E-state index contributed by atoms with van der Waals surface area (Å²) in [6.07, 6.45) is 0.426. The Bertz CT molecular complexity index is 988. The van der Waals surface area contributed by atoms with Crippen LogP contribution in [0.3, 0.4) is 0 Å². The van der Waals surface area contributed by atoms with Crippen molar-refractivity contribution in [1.29, 1.82) is 0 Å². The second-order valence-electron chi connectivity index (χ2n) is 7.71. The molecule has 0 spiro atoms. The van der Waals surface area contributed by atoms with E-state index in [1.807, 2.05) is 98.8 Å². The number of hydrogen-bond donors (Lipinski definition) is 1. The van der Waals surface area contributed by atoms with E-state index in [4.69, 9.17) is 4.74 Å². The van der Waals surface area contributed by atoms with Gasteiger partial charge in [-0.25, -0.2) is 0 Å². The summed E-state index contributed by atoms with van der Waals surface area (Å²) in [7, 11) is 0. The minimum absolute atomic E-state index is 0.138. The molecule has 3 aromatic carbocycles. The van der Waals surface area contributed by atoms with Crippen molar-refractivity contribution in [1.82, 2.24) is 10.2 Å². The van der Waals surface area contributed by atoms with Crippen LogP contribution in [-0.2, 0) is 22.6 Å². The number of benzene rings is 3. The van der Waals surface area contributed by atoms with Crippen molar-refractivity contribution in [2.45, 2.75) is 32.9 Å². The Hall–Kier alpha value is -3.60. The molecular formula is C27H30N2O3. The van der Waals surface area contributed by atoms with Crippen molar-refractivity contribution >= 4 is 11.8 Å². The maximum atomic E-state index is 13.3. The van der Waals surface area contributed by atoms with E-state index in [0.717, 1.165) is 16.7 Å². The topological polar surface area (TPSA) is 58.6 Å². The van der Waals surface area contributed by atoms with Crippen LogP contribution in [0.2, 0.25) is 0 Å². The van der Waals surface area contributed by atoms with Crippen LogP contribution in [0.5, 0.6) is 5.75 Å². The first kappa shape index (κ1) is 23.1. The molecule has 3 rings (SSSR count). The molecule has 2 amide bonds. The molecule has 1 N–H and O–H groups in total. The van der Waals surface area contributed by atoms with Crippen LogP contribution in [-0.4, -0.2) is 35.9 Å². The van der Waals surface area contributed by atoms with Crippen LogP contribution in [0.1, 0.15) is 23.6 Å². The second-order valence-corrected chi connectivity index (χ2v) is 7.71. The summed E-state index contributed by atoms with van der Waals surface area (Å²) >= 11 is 0. The van der Waals surface area contributed by atoms with Gasteiger partial charge in [0.05, 0.1) is 0 Å². The van der Waals surface area contributed by atoms with Gasteiger partial charge in [0.25, 0.3) is 5.91 Å². The number of hydrogen-bond acceptors (Lipinski definition) is 3. The molecule has 166 valence electrons. The fourth-order valence-corrected chi connectivity index (χ4v) is 3.48. The van der Waals surface area contributed by atoms with Gasteiger partial charge < -0.3 is 15.0 Å². The van der Waals surface area contributed by atoms with Gasteiger partial charge >= 0.3 is 0 Å². The lowest BCUT2D eigenvalue weighted by Crippen LogP contribution is -2.51. The van der Waals surface area contributed by atoms with Crippen molar-refractivity contribution in [3.05, 3.63) is 102 Å². The first-order chi connectivity index (χ1) is 15.6. The molecule has 0 aliphatic carbocycles. The monoisotopic (exact) mass is 430 g/mol. The number of carbonyl (C=O) groups is 2. The average molecular weight is 431 g/mol. The SMILES string of the molecule is CCNC(=O)[C@@H](Cc1ccccc1)N(Cc1ccc(C)cc1)C(=O)COc1ccccc1. The zero-order valence-electron chi connectivity index (χ0n) is 18.7. The normalized spacial score (nSPS) is 11.4. The van der Waals surface area contributed by atoms with Crippen molar-refractivity contribution in [3.8, 4) is 5.75 Å². The highest BCUT2D eigenvalue weighted by Crippen LogP contribution is 2.16. The van der Waals surface area contributed by atoms with Crippen LogP contribution in [0.15, 0.2) is 84.9 Å². The van der Waals surface area contributed by atoms with Crippen LogP contribution < -0.4 is 10.1 Å². The number of nitrogens with zero attached hydrogens (tertiary/aromatic N) is 1. The van der Waals surface area contributed by atoms with Crippen molar-refractivity contribution in [2.75, 3.05) is 13.2 Å². The third kappa shape index (κ3) is 6.71. The van der Waals surface area contributed by atoms with E-state index in [9.17, 15) is 9.59 Å². The summed E-state index contributed by atoms with van der Waals surface area (Å²) in [6, 6.07) is 26.3. The van der Waals surface area contributed by atoms with Crippen molar-refractivity contribution in [2.24, 2.45) is 0 Å². The number of rotatable bonds is 10. The lowest BCUT2D eigenvalue weighted by Gasteiger charge is -2.31. The van der Waals surface area contributed by atoms with Gasteiger partial charge in [-0.15, -0.1) is 0 Å². The molecule has 0 aliphatic rings. The number of para-hydroxylation sites is 1. The minimum atomic E-state index is -0.648. The van der Waals surface area contributed by atoms with Crippen molar-refractivity contribution < 1.29 is 14.3 Å². The van der Waals surface area contributed by atoms with E-state index in [1.54, 1.807) is 4.90 Å². The summed E-state index contributed by atoms with van der Waals surface area (Å²) in [6.45, 7) is 4.58. The molecule has 0 bridgehead atoms. The lowest BCUT2D eigenvalue weighted by atomic mass is 10.0. The number of ether oxygens (including phenoxy) is 1. The Morgan fingerprint density at radius 1 is 0.875 bits per heavy atom. The molecule has 0 aromatic heterocycles. The highest BCUT2D eigenvalue weighted by molar-refractivity contribution is 5.88. The smallest absolute Gasteiger partial charge is 0.261 e. The van der Waals surface area contributed by atoms with Gasteiger partial charge in [-0.05, 0) is 37.1 Å². The summed E-state index contributed by atoms with van der Waals surface area (Å²) in [5, 5.41) is 2.90. The van der Waals surface area contributed by atoms with Gasteiger partial charge in [-0.1, -0.05) is 78.4 Å². The molecule has 5 heteroatoms. The molecule has 0 heterocycles. The van der Waals surface area contributed by atoms with Gasteiger partial charge in [0.15, 0.2) is 6.61 Å². The summed E-state index contributed by atoms with van der Waals surface area (Å²) in [5.74, 6) is 0.215. The quantitative estimate of drug-likeness (QED) is 0.526. The third-order valence-electron chi connectivity index (χ3n) is 5.20. The molecule has 3 aromatic rings. The van der Waals surface area contributed by atoms with E-state index in [-0.39, 0.29) is 18.4 Å². The fourth-order valence-electron chi connectivity index (χ4n) is 3.48. The Balaban J connectivity index is 1.87. The largest absolute Gasteiger partial charge is 0.484 e. The summed E-state index contributed by atoms with van der Waals surface area (Å²) < 4.78 is 5.72. The molecule has 5 nitrogen and oxygen atoms in total. The first-order valence-corrected chi connectivity index (χ1v) is 10.9. The van der Waals surface area contributed by atoms with Crippen LogP contribution in [0, 0.1) is 6.92 Å². The van der Waals surface area contributed by atoms with Gasteiger partial charge in [-0.2, -0.15) is 0 Å². The average Bonchev–Trinajstić information content (AvgIpc) is 2.82. The number of aryl methyl sites for hydroxylation is 1. The molecule has 32 heavy (non-hydrogen) atoms. The van der Waals surface area contributed by atoms with Crippen LogP contribution in [0.4, 0.5) is 0 Å². The Morgan fingerprint density at radius 3 is 2.12 bits per heavy atom. The molecule has 0 fully saturated rings. The van der Waals surface area contributed by atoms with E-state index >= 15 is 0 Å². The van der Waals surface area contributed by atoms with Crippen molar-refractivity contribution in [3.63, 3.8) is 0 Å². The Kier molecular flexibility index (Phi) is 8.44. The van der Waals surface area contributed by atoms with Gasteiger partial charge in [0, 0.05) is 19.5 Å². The molecule has 0 unspecified atom stereocenters. The summed E-state index contributed by atoms with van der Waals surface area (Å²) in [5.41, 5.74) is 3.10. The fraction of sp³-hybridized carbons (Fsp3) is 0.259. The highest BCUT2D eigenvalue weighted by Gasteiger charge is 2.30. The molecule has 0 saturated carbocycles. The van der Waals surface area contributed by atoms with Crippen LogP contribution >= 0.6 is 0 Å².